The van der Waals surface area contributed by atoms with Gasteiger partial charge in [-0.1, -0.05) is 6.07 Å². The average Bonchev–Trinajstić information content (AvgIpc) is 3.02. The number of hydrogen-bond acceptors (Lipinski definition) is 5. The third-order valence-corrected chi connectivity index (χ3v) is 3.39. The lowest BCUT2D eigenvalue weighted by Crippen LogP contribution is -2.23. The highest BCUT2D eigenvalue weighted by Gasteiger charge is 2.12. The number of ether oxygens (including phenoxy) is 1. The molecule has 0 amide bonds. The van der Waals surface area contributed by atoms with Gasteiger partial charge in [0.1, 0.15) is 6.10 Å². The molecule has 2 aromatic rings. The van der Waals surface area contributed by atoms with Crippen LogP contribution in [0.3, 0.4) is 0 Å². The second-order valence-corrected chi connectivity index (χ2v) is 4.86. The predicted molar refractivity (Wildman–Crippen MR) is 76.2 cm³/mol. The minimum Gasteiger partial charge on any atom is -0.497 e. The van der Waals surface area contributed by atoms with E-state index in [1.807, 2.05) is 18.2 Å². The van der Waals surface area contributed by atoms with Crippen molar-refractivity contribution >= 4 is 5.69 Å². The largest absolute Gasteiger partial charge is 0.497 e. The molecule has 2 heterocycles. The minimum atomic E-state index is 0.228. The summed E-state index contributed by atoms with van der Waals surface area (Å²) < 4.78 is 10.8. The maximum atomic E-state index is 5.56. The number of aryl methyl sites for hydroxylation is 1. The van der Waals surface area contributed by atoms with Crippen molar-refractivity contribution < 1.29 is 9.15 Å². The van der Waals surface area contributed by atoms with E-state index in [0.717, 1.165) is 30.6 Å². The first-order chi connectivity index (χ1) is 9.83. The number of anilines is 1. The second kappa shape index (κ2) is 5.77. The van der Waals surface area contributed by atoms with Gasteiger partial charge in [-0.05, 0) is 43.5 Å². The van der Waals surface area contributed by atoms with E-state index in [9.17, 15) is 0 Å². The van der Waals surface area contributed by atoms with Crippen molar-refractivity contribution in [3.05, 3.63) is 42.5 Å². The van der Waals surface area contributed by atoms with Crippen LogP contribution in [0.5, 0.6) is 0 Å². The first-order valence-corrected chi connectivity index (χ1v) is 6.74. The Labute approximate surface area is 117 Å². The fourth-order valence-corrected chi connectivity index (χ4v) is 2.20. The summed E-state index contributed by atoms with van der Waals surface area (Å²) in [4.78, 5) is 0. The van der Waals surface area contributed by atoms with E-state index in [-0.39, 0.29) is 6.10 Å². The molecule has 1 unspecified atom stereocenters. The lowest BCUT2D eigenvalue weighted by atomic mass is 10.1. The van der Waals surface area contributed by atoms with Crippen molar-refractivity contribution in [2.45, 2.75) is 25.9 Å². The molecule has 0 radical (unpaired) electrons. The standard InChI is InChI=1S/C15H17N3O2/c1-11-5-6-12(15-18-17-10-20-15)8-14(11)16-9-13-4-2-3-7-19-13/h3,5-8,10,13,16H,2,4,9H2,1H3. The molecule has 1 aromatic heterocycles. The molecule has 1 aliphatic rings. The summed E-state index contributed by atoms with van der Waals surface area (Å²) in [6, 6.07) is 6.05. The van der Waals surface area contributed by atoms with Crippen molar-refractivity contribution in [1.29, 1.82) is 0 Å². The Hall–Kier alpha value is -2.30. The highest BCUT2D eigenvalue weighted by molar-refractivity contribution is 5.64. The molecule has 5 heteroatoms. The number of aromatic nitrogens is 2. The molecule has 0 aliphatic carbocycles. The highest BCUT2D eigenvalue weighted by atomic mass is 16.5. The van der Waals surface area contributed by atoms with Crippen molar-refractivity contribution in [3.63, 3.8) is 0 Å². The van der Waals surface area contributed by atoms with Gasteiger partial charge in [-0.15, -0.1) is 10.2 Å². The second-order valence-electron chi connectivity index (χ2n) is 4.86. The molecule has 0 saturated carbocycles. The van der Waals surface area contributed by atoms with Gasteiger partial charge in [0.15, 0.2) is 0 Å². The van der Waals surface area contributed by atoms with Gasteiger partial charge >= 0.3 is 0 Å². The van der Waals surface area contributed by atoms with E-state index in [0.29, 0.717) is 5.89 Å². The molecule has 0 bridgehead atoms. The van der Waals surface area contributed by atoms with Crippen LogP contribution >= 0.6 is 0 Å². The van der Waals surface area contributed by atoms with Crippen molar-refractivity contribution in [2.75, 3.05) is 11.9 Å². The molecule has 3 rings (SSSR count). The van der Waals surface area contributed by atoms with Crippen LogP contribution < -0.4 is 5.32 Å². The molecular formula is C15H17N3O2. The Morgan fingerprint density at radius 3 is 3.10 bits per heavy atom. The number of allylic oxidation sites excluding steroid dienone is 1. The maximum Gasteiger partial charge on any atom is 0.247 e. The van der Waals surface area contributed by atoms with Crippen molar-refractivity contribution in [1.82, 2.24) is 10.2 Å². The van der Waals surface area contributed by atoms with Gasteiger partial charge in [-0.2, -0.15) is 0 Å². The van der Waals surface area contributed by atoms with Gasteiger partial charge in [0.25, 0.3) is 0 Å². The summed E-state index contributed by atoms with van der Waals surface area (Å²) in [6.07, 6.45) is 7.53. The maximum absolute atomic E-state index is 5.56. The zero-order valence-corrected chi connectivity index (χ0v) is 11.4. The molecular weight excluding hydrogens is 254 g/mol. The SMILES string of the molecule is Cc1ccc(-c2nnco2)cc1NCC1CCC=CO1. The number of rotatable bonds is 4. The van der Waals surface area contributed by atoms with E-state index in [1.165, 1.54) is 12.0 Å². The van der Waals surface area contributed by atoms with E-state index in [2.05, 4.69) is 28.5 Å². The molecule has 0 fully saturated rings. The van der Waals surface area contributed by atoms with Crippen LogP contribution in [-0.2, 0) is 4.74 Å². The lowest BCUT2D eigenvalue weighted by molar-refractivity contribution is 0.135. The molecule has 1 aliphatic heterocycles. The molecule has 1 N–H and O–H groups in total. The fourth-order valence-electron chi connectivity index (χ4n) is 2.20. The van der Waals surface area contributed by atoms with E-state index in [1.54, 1.807) is 6.26 Å². The van der Waals surface area contributed by atoms with Gasteiger partial charge in [-0.25, -0.2) is 0 Å². The molecule has 5 nitrogen and oxygen atoms in total. The van der Waals surface area contributed by atoms with Crippen LogP contribution in [0.1, 0.15) is 18.4 Å². The minimum absolute atomic E-state index is 0.228. The molecule has 20 heavy (non-hydrogen) atoms. The first-order valence-electron chi connectivity index (χ1n) is 6.74. The van der Waals surface area contributed by atoms with Gasteiger partial charge < -0.3 is 14.5 Å². The molecule has 104 valence electrons. The van der Waals surface area contributed by atoms with Gasteiger partial charge in [-0.3, -0.25) is 0 Å². The van der Waals surface area contributed by atoms with E-state index < -0.39 is 0 Å². The lowest BCUT2D eigenvalue weighted by Gasteiger charge is -2.21. The number of hydrogen-bond donors (Lipinski definition) is 1. The average molecular weight is 271 g/mol. The zero-order chi connectivity index (χ0) is 13.8. The smallest absolute Gasteiger partial charge is 0.247 e. The summed E-state index contributed by atoms with van der Waals surface area (Å²) in [5, 5.41) is 11.1. The van der Waals surface area contributed by atoms with Gasteiger partial charge in [0.2, 0.25) is 12.3 Å². The first kappa shape index (κ1) is 12.7. The van der Waals surface area contributed by atoms with E-state index >= 15 is 0 Å². The Morgan fingerprint density at radius 2 is 2.35 bits per heavy atom. The third-order valence-electron chi connectivity index (χ3n) is 3.39. The summed E-state index contributed by atoms with van der Waals surface area (Å²) >= 11 is 0. The molecule has 0 spiro atoms. The van der Waals surface area contributed by atoms with E-state index in [4.69, 9.17) is 9.15 Å². The van der Waals surface area contributed by atoms with Crippen LogP contribution in [0.4, 0.5) is 5.69 Å². The highest BCUT2D eigenvalue weighted by Crippen LogP contribution is 2.24. The van der Waals surface area contributed by atoms with Crippen molar-refractivity contribution in [2.24, 2.45) is 0 Å². The Morgan fingerprint density at radius 1 is 1.40 bits per heavy atom. The van der Waals surface area contributed by atoms with Crippen LogP contribution in [0, 0.1) is 6.92 Å². The quantitative estimate of drug-likeness (QED) is 0.925. The van der Waals surface area contributed by atoms with Gasteiger partial charge in [0, 0.05) is 11.3 Å². The van der Waals surface area contributed by atoms with Crippen LogP contribution in [0.25, 0.3) is 11.5 Å². The topological polar surface area (TPSA) is 60.2 Å². The van der Waals surface area contributed by atoms with Crippen molar-refractivity contribution in [3.8, 4) is 11.5 Å². The Kier molecular flexibility index (Phi) is 3.67. The third kappa shape index (κ3) is 2.82. The monoisotopic (exact) mass is 271 g/mol. The fraction of sp³-hybridized carbons (Fsp3) is 0.333. The Bertz CT molecular complexity index is 593. The van der Waals surface area contributed by atoms with Crippen LogP contribution in [-0.4, -0.2) is 22.8 Å². The number of benzene rings is 1. The van der Waals surface area contributed by atoms with Crippen LogP contribution in [0.15, 0.2) is 41.3 Å². The summed E-state index contributed by atoms with van der Waals surface area (Å²) in [6.45, 7) is 2.86. The molecule has 1 aromatic carbocycles. The predicted octanol–water partition coefficient (Wildman–Crippen LogP) is 3.15. The zero-order valence-electron chi connectivity index (χ0n) is 11.4. The summed E-state index contributed by atoms with van der Waals surface area (Å²) in [5.74, 6) is 0.532. The Balaban J connectivity index is 1.72. The van der Waals surface area contributed by atoms with Gasteiger partial charge in [0.05, 0.1) is 12.8 Å². The molecule has 0 saturated heterocycles. The van der Waals surface area contributed by atoms with Crippen LogP contribution in [0.2, 0.25) is 0 Å². The normalized spacial score (nSPS) is 17.8. The number of nitrogens with one attached hydrogen (secondary N) is 1. The summed E-state index contributed by atoms with van der Waals surface area (Å²) in [5.41, 5.74) is 3.17. The molecule has 1 atom stereocenters. The number of nitrogens with zero attached hydrogens (tertiary/aromatic N) is 2. The summed E-state index contributed by atoms with van der Waals surface area (Å²) in [7, 11) is 0.